The molecule has 0 spiro atoms. The third-order valence-corrected chi connectivity index (χ3v) is 9.89. The SMILES string of the molecule is c1ccc(-c2ccc(N(c3ccccc3)c3c4ccccc4cc4c3oc3ccc(-c5nc(-c6ccccc6)nc(-c6ccccc6)n5)cc34)cc2)cc1. The predicted octanol–water partition coefficient (Wildman–Crippen LogP) is 13.1. The first-order valence-electron chi connectivity index (χ1n) is 18.0. The minimum absolute atomic E-state index is 0.601. The van der Waals surface area contributed by atoms with Crippen molar-refractivity contribution in [3.63, 3.8) is 0 Å². The lowest BCUT2D eigenvalue weighted by molar-refractivity contribution is 0.669. The quantitative estimate of drug-likeness (QED) is 0.166. The number of fused-ring (bicyclic) bond motifs is 4. The maximum absolute atomic E-state index is 6.89. The first-order chi connectivity index (χ1) is 26.8. The van der Waals surface area contributed by atoms with Crippen LogP contribution in [0.25, 0.3) is 78.0 Å². The van der Waals surface area contributed by atoms with Crippen LogP contribution in [-0.2, 0) is 0 Å². The Hall–Kier alpha value is -7.37. The van der Waals surface area contributed by atoms with Crippen LogP contribution in [0, 0.1) is 0 Å². The summed E-state index contributed by atoms with van der Waals surface area (Å²) in [5.41, 5.74) is 9.75. The van der Waals surface area contributed by atoms with Crippen LogP contribution in [0.3, 0.4) is 0 Å². The van der Waals surface area contributed by atoms with Crippen LogP contribution in [-0.4, -0.2) is 15.0 Å². The molecular weight excluding hydrogens is 661 g/mol. The fourth-order valence-corrected chi connectivity index (χ4v) is 7.27. The average molecular weight is 693 g/mol. The van der Waals surface area contributed by atoms with E-state index in [9.17, 15) is 0 Å². The van der Waals surface area contributed by atoms with Crippen LogP contribution in [0.15, 0.2) is 199 Å². The zero-order chi connectivity index (χ0) is 35.8. The van der Waals surface area contributed by atoms with E-state index in [2.05, 4.69) is 120 Å². The Morgan fingerprint density at radius 2 is 0.833 bits per heavy atom. The molecule has 0 saturated carbocycles. The van der Waals surface area contributed by atoms with Crippen molar-refractivity contribution in [1.29, 1.82) is 0 Å². The minimum Gasteiger partial charge on any atom is -0.454 e. The van der Waals surface area contributed by atoms with Crippen molar-refractivity contribution in [2.75, 3.05) is 4.90 Å². The van der Waals surface area contributed by atoms with Gasteiger partial charge in [-0.2, -0.15) is 0 Å². The molecule has 0 amide bonds. The first-order valence-corrected chi connectivity index (χ1v) is 18.0. The van der Waals surface area contributed by atoms with Crippen molar-refractivity contribution in [2.45, 2.75) is 0 Å². The van der Waals surface area contributed by atoms with Gasteiger partial charge in [0.05, 0.1) is 5.69 Å². The molecule has 0 fully saturated rings. The van der Waals surface area contributed by atoms with Gasteiger partial charge < -0.3 is 9.32 Å². The molecule has 10 aromatic rings. The first kappa shape index (κ1) is 31.4. The maximum Gasteiger partial charge on any atom is 0.164 e. The van der Waals surface area contributed by atoms with Crippen molar-refractivity contribution in [3.05, 3.63) is 194 Å². The second-order valence-electron chi connectivity index (χ2n) is 13.3. The van der Waals surface area contributed by atoms with Gasteiger partial charge in [0.15, 0.2) is 23.1 Å². The molecule has 54 heavy (non-hydrogen) atoms. The molecule has 0 unspecified atom stereocenters. The number of hydrogen-bond acceptors (Lipinski definition) is 5. The van der Waals surface area contributed by atoms with Gasteiger partial charge in [0.2, 0.25) is 0 Å². The summed E-state index contributed by atoms with van der Waals surface area (Å²) in [5.74, 6) is 1.85. The summed E-state index contributed by atoms with van der Waals surface area (Å²) < 4.78 is 6.89. The highest BCUT2D eigenvalue weighted by molar-refractivity contribution is 6.19. The van der Waals surface area contributed by atoms with E-state index in [4.69, 9.17) is 19.4 Å². The highest BCUT2D eigenvalue weighted by Crippen LogP contribution is 2.47. The van der Waals surface area contributed by atoms with Gasteiger partial charge in [0.25, 0.3) is 0 Å². The molecular formula is C49H32N4O. The molecule has 10 rings (SSSR count). The van der Waals surface area contributed by atoms with E-state index < -0.39 is 0 Å². The van der Waals surface area contributed by atoms with Crippen LogP contribution in [0.2, 0.25) is 0 Å². The third kappa shape index (κ3) is 5.65. The van der Waals surface area contributed by atoms with E-state index in [1.807, 2.05) is 78.9 Å². The molecule has 0 aliphatic rings. The molecule has 0 radical (unpaired) electrons. The van der Waals surface area contributed by atoms with Gasteiger partial charge in [-0.15, -0.1) is 0 Å². The highest BCUT2D eigenvalue weighted by atomic mass is 16.3. The van der Waals surface area contributed by atoms with E-state index in [1.165, 1.54) is 5.56 Å². The largest absolute Gasteiger partial charge is 0.454 e. The summed E-state index contributed by atoms with van der Waals surface area (Å²) in [6.45, 7) is 0. The zero-order valence-electron chi connectivity index (χ0n) is 29.2. The number of furan rings is 1. The van der Waals surface area contributed by atoms with Crippen molar-refractivity contribution < 1.29 is 4.42 Å². The van der Waals surface area contributed by atoms with Gasteiger partial charge >= 0.3 is 0 Å². The molecule has 0 aliphatic carbocycles. The second-order valence-corrected chi connectivity index (χ2v) is 13.3. The van der Waals surface area contributed by atoms with E-state index >= 15 is 0 Å². The van der Waals surface area contributed by atoms with Gasteiger partial charge in [-0.3, -0.25) is 0 Å². The standard InChI is InChI=1S/C49H32N4O/c1-5-15-33(16-6-1)34-25-28-40(29-26-34)53(39-22-11-4-12-23-39)45-41-24-14-13-21-37(41)31-43-42-32-38(27-30-44(42)54-46(43)45)49-51-47(35-17-7-2-8-18-35)50-48(52-49)36-19-9-3-10-20-36/h1-32H. The van der Waals surface area contributed by atoms with Gasteiger partial charge in [-0.05, 0) is 65.0 Å². The number of anilines is 3. The molecule has 0 saturated heterocycles. The molecule has 0 aliphatic heterocycles. The second kappa shape index (κ2) is 13.3. The Bertz CT molecular complexity index is 2850. The normalized spacial score (nSPS) is 11.3. The number of hydrogen-bond donors (Lipinski definition) is 0. The fraction of sp³-hybridized carbons (Fsp3) is 0. The summed E-state index contributed by atoms with van der Waals surface area (Å²) >= 11 is 0. The number of para-hydroxylation sites is 1. The van der Waals surface area contributed by atoms with E-state index in [0.29, 0.717) is 17.5 Å². The lowest BCUT2D eigenvalue weighted by Gasteiger charge is -2.27. The van der Waals surface area contributed by atoms with Crippen LogP contribution >= 0.6 is 0 Å². The summed E-state index contributed by atoms with van der Waals surface area (Å²) in [7, 11) is 0. The fourth-order valence-electron chi connectivity index (χ4n) is 7.27. The third-order valence-electron chi connectivity index (χ3n) is 9.89. The average Bonchev–Trinajstić information content (AvgIpc) is 3.62. The Morgan fingerprint density at radius 3 is 1.46 bits per heavy atom. The lowest BCUT2D eigenvalue weighted by atomic mass is 10.0. The minimum atomic E-state index is 0.601. The molecule has 2 heterocycles. The number of aromatic nitrogens is 3. The summed E-state index contributed by atoms with van der Waals surface area (Å²) in [5, 5.41) is 4.22. The van der Waals surface area contributed by atoms with Crippen LogP contribution < -0.4 is 4.90 Å². The summed E-state index contributed by atoms with van der Waals surface area (Å²) in [6, 6.07) is 66.9. The van der Waals surface area contributed by atoms with Gasteiger partial charge in [-0.1, -0.05) is 146 Å². The summed E-state index contributed by atoms with van der Waals surface area (Å²) in [4.78, 5) is 17.2. The predicted molar refractivity (Wildman–Crippen MR) is 221 cm³/mol. The number of rotatable bonds is 7. The van der Waals surface area contributed by atoms with E-state index in [1.54, 1.807) is 0 Å². The zero-order valence-corrected chi connectivity index (χ0v) is 29.2. The number of benzene rings is 8. The molecule has 8 aromatic carbocycles. The molecule has 0 N–H and O–H groups in total. The molecule has 5 nitrogen and oxygen atoms in total. The Morgan fingerprint density at radius 1 is 0.352 bits per heavy atom. The maximum atomic E-state index is 6.89. The Kier molecular flexibility index (Phi) is 7.73. The molecule has 0 bridgehead atoms. The Balaban J connectivity index is 1.18. The van der Waals surface area contributed by atoms with Crippen molar-refractivity contribution in [1.82, 2.24) is 15.0 Å². The Labute approximate surface area is 312 Å². The van der Waals surface area contributed by atoms with Gasteiger partial charge in [-0.25, -0.2) is 15.0 Å². The van der Waals surface area contributed by atoms with Crippen LogP contribution in [0.4, 0.5) is 17.1 Å². The van der Waals surface area contributed by atoms with Crippen molar-refractivity contribution in [2.24, 2.45) is 0 Å². The van der Waals surface area contributed by atoms with E-state index in [0.717, 1.165) is 72.0 Å². The van der Waals surface area contributed by atoms with E-state index in [-0.39, 0.29) is 0 Å². The molecule has 2 aromatic heterocycles. The smallest absolute Gasteiger partial charge is 0.164 e. The monoisotopic (exact) mass is 692 g/mol. The lowest BCUT2D eigenvalue weighted by Crippen LogP contribution is -2.10. The van der Waals surface area contributed by atoms with Crippen molar-refractivity contribution in [3.8, 4) is 45.3 Å². The number of nitrogens with zero attached hydrogens (tertiary/aromatic N) is 4. The molecule has 0 atom stereocenters. The highest BCUT2D eigenvalue weighted by Gasteiger charge is 2.23. The summed E-state index contributed by atoms with van der Waals surface area (Å²) in [6.07, 6.45) is 0. The van der Waals surface area contributed by atoms with Gasteiger partial charge in [0.1, 0.15) is 5.58 Å². The van der Waals surface area contributed by atoms with Crippen LogP contribution in [0.1, 0.15) is 0 Å². The van der Waals surface area contributed by atoms with Gasteiger partial charge in [0, 0.05) is 44.2 Å². The topological polar surface area (TPSA) is 55.1 Å². The molecule has 254 valence electrons. The van der Waals surface area contributed by atoms with Crippen LogP contribution in [0.5, 0.6) is 0 Å². The molecule has 5 heteroatoms. The van der Waals surface area contributed by atoms with Crippen molar-refractivity contribution >= 4 is 49.8 Å².